The predicted octanol–water partition coefficient (Wildman–Crippen LogP) is 2.94. The van der Waals surface area contributed by atoms with Gasteiger partial charge in [-0.3, -0.25) is 9.59 Å². The molecule has 0 aromatic heterocycles. The molecule has 2 aromatic rings. The lowest BCUT2D eigenvalue weighted by atomic mass is 10.1. The third-order valence-corrected chi connectivity index (χ3v) is 4.86. The number of amides is 2. The molecule has 1 fully saturated rings. The van der Waals surface area contributed by atoms with Crippen molar-refractivity contribution < 1.29 is 23.8 Å². The number of fused-ring (bicyclic) bond motifs is 1. The number of para-hydroxylation sites is 2. The van der Waals surface area contributed by atoms with Crippen molar-refractivity contribution in [3.05, 3.63) is 65.4 Å². The van der Waals surface area contributed by atoms with Gasteiger partial charge in [-0.2, -0.15) is 0 Å². The van der Waals surface area contributed by atoms with Crippen molar-refractivity contribution in [2.24, 2.45) is 0 Å². The van der Waals surface area contributed by atoms with Crippen LogP contribution >= 0.6 is 0 Å². The van der Waals surface area contributed by atoms with Crippen LogP contribution < -0.4 is 14.8 Å². The summed E-state index contributed by atoms with van der Waals surface area (Å²) < 4.78 is 16.4. The molecular weight excluding hydrogens is 384 g/mol. The van der Waals surface area contributed by atoms with Gasteiger partial charge in [-0.15, -0.1) is 0 Å². The molecule has 0 radical (unpaired) electrons. The molecule has 154 valence electrons. The highest BCUT2D eigenvalue weighted by molar-refractivity contribution is 6.08. The van der Waals surface area contributed by atoms with Gasteiger partial charge in [-0.25, -0.2) is 0 Å². The third-order valence-electron chi connectivity index (χ3n) is 4.86. The number of morpholine rings is 1. The number of anilines is 1. The molecule has 0 saturated carbocycles. The Morgan fingerprint density at radius 2 is 1.97 bits per heavy atom. The highest BCUT2D eigenvalue weighted by atomic mass is 16.5. The highest BCUT2D eigenvalue weighted by Gasteiger charge is 2.21. The summed E-state index contributed by atoms with van der Waals surface area (Å²) in [4.78, 5) is 26.5. The number of nitrogens with zero attached hydrogens (tertiary/aromatic N) is 1. The molecular formula is C23H22N2O5. The zero-order valence-electron chi connectivity index (χ0n) is 16.6. The molecule has 0 spiro atoms. The molecule has 2 aliphatic heterocycles. The molecule has 30 heavy (non-hydrogen) atoms. The average molecular weight is 406 g/mol. The normalized spacial score (nSPS) is 17.4. The molecule has 2 aromatic carbocycles. The first-order valence-corrected chi connectivity index (χ1v) is 9.67. The first-order chi connectivity index (χ1) is 14.6. The minimum atomic E-state index is -0.316. The van der Waals surface area contributed by atoms with E-state index in [4.69, 9.17) is 14.2 Å². The van der Waals surface area contributed by atoms with Crippen LogP contribution in [0.1, 0.15) is 11.1 Å². The Labute approximate surface area is 174 Å². The van der Waals surface area contributed by atoms with Crippen molar-refractivity contribution in [2.75, 3.05) is 38.7 Å². The minimum absolute atomic E-state index is 0.0734. The maximum Gasteiger partial charge on any atom is 0.291 e. The van der Waals surface area contributed by atoms with Crippen LogP contribution in [0.2, 0.25) is 0 Å². The maximum absolute atomic E-state index is 12.4. The summed E-state index contributed by atoms with van der Waals surface area (Å²) in [7, 11) is 1.57. The van der Waals surface area contributed by atoms with E-state index >= 15 is 0 Å². The van der Waals surface area contributed by atoms with E-state index in [1.54, 1.807) is 42.4 Å². The number of benzene rings is 2. The van der Waals surface area contributed by atoms with Crippen LogP contribution in [-0.4, -0.2) is 50.1 Å². The lowest BCUT2D eigenvalue weighted by Crippen LogP contribution is -2.39. The first-order valence-electron chi connectivity index (χ1n) is 9.67. The Bertz CT molecular complexity index is 1020. The zero-order valence-corrected chi connectivity index (χ0v) is 16.6. The van der Waals surface area contributed by atoms with Gasteiger partial charge in [0.2, 0.25) is 5.91 Å². The smallest absolute Gasteiger partial charge is 0.291 e. The summed E-state index contributed by atoms with van der Waals surface area (Å²) in [6.45, 7) is 2.27. The molecule has 1 saturated heterocycles. The SMILES string of the molecule is COc1ccc(/C=C2/Oc3ccccc3NC2=O)cc1/C=C\C(=O)N1CCOCC1. The molecule has 7 heteroatoms. The number of ether oxygens (including phenoxy) is 3. The van der Waals surface area contributed by atoms with Crippen LogP contribution in [0.5, 0.6) is 11.5 Å². The molecule has 2 amide bonds. The maximum atomic E-state index is 12.4. The summed E-state index contributed by atoms with van der Waals surface area (Å²) in [5.74, 6) is 1.02. The van der Waals surface area contributed by atoms with Crippen molar-refractivity contribution in [1.29, 1.82) is 0 Å². The lowest BCUT2D eigenvalue weighted by Gasteiger charge is -2.25. The van der Waals surface area contributed by atoms with Gasteiger partial charge in [0.1, 0.15) is 5.75 Å². The van der Waals surface area contributed by atoms with E-state index < -0.39 is 0 Å². The van der Waals surface area contributed by atoms with Crippen LogP contribution in [0.4, 0.5) is 5.69 Å². The Morgan fingerprint density at radius 3 is 2.77 bits per heavy atom. The van der Waals surface area contributed by atoms with E-state index in [-0.39, 0.29) is 17.6 Å². The fraction of sp³-hybridized carbons (Fsp3) is 0.217. The van der Waals surface area contributed by atoms with Crippen molar-refractivity contribution in [3.8, 4) is 11.5 Å². The molecule has 0 bridgehead atoms. The Balaban J connectivity index is 1.57. The predicted molar refractivity (Wildman–Crippen MR) is 113 cm³/mol. The molecule has 0 atom stereocenters. The average Bonchev–Trinajstić information content (AvgIpc) is 2.78. The van der Waals surface area contributed by atoms with E-state index in [1.165, 1.54) is 6.08 Å². The van der Waals surface area contributed by atoms with Crippen LogP contribution in [0.25, 0.3) is 12.2 Å². The van der Waals surface area contributed by atoms with Crippen molar-refractivity contribution in [3.63, 3.8) is 0 Å². The molecule has 0 unspecified atom stereocenters. The standard InChI is InChI=1S/C23H22N2O5/c1-28-19-8-6-16(14-17(19)7-9-22(26)25-10-12-29-13-11-25)15-21-23(27)24-18-4-2-3-5-20(18)30-21/h2-9,14-15H,10-13H2,1H3,(H,24,27)/b9-7-,21-15+. The van der Waals surface area contributed by atoms with E-state index in [0.29, 0.717) is 43.5 Å². The van der Waals surface area contributed by atoms with Gasteiger partial charge in [-0.1, -0.05) is 18.2 Å². The van der Waals surface area contributed by atoms with E-state index in [9.17, 15) is 9.59 Å². The van der Waals surface area contributed by atoms with Gasteiger partial charge in [0, 0.05) is 24.7 Å². The Morgan fingerprint density at radius 1 is 1.17 bits per heavy atom. The summed E-state index contributed by atoms with van der Waals surface area (Å²) in [5.41, 5.74) is 2.11. The van der Waals surface area contributed by atoms with E-state index in [2.05, 4.69) is 5.32 Å². The number of nitrogens with one attached hydrogen (secondary N) is 1. The van der Waals surface area contributed by atoms with Gasteiger partial charge in [-0.05, 0) is 42.0 Å². The zero-order chi connectivity index (χ0) is 20.9. The molecule has 2 aliphatic rings. The Hall–Kier alpha value is -3.58. The van der Waals surface area contributed by atoms with Gasteiger partial charge in [0.05, 0.1) is 26.0 Å². The molecule has 7 nitrogen and oxygen atoms in total. The summed E-state index contributed by atoms with van der Waals surface area (Å²) >= 11 is 0. The fourth-order valence-corrected chi connectivity index (χ4v) is 3.28. The van der Waals surface area contributed by atoms with Crippen LogP contribution in [-0.2, 0) is 14.3 Å². The second kappa shape index (κ2) is 8.84. The first kappa shape index (κ1) is 19.7. The molecule has 2 heterocycles. The number of carbonyl (C=O) groups is 2. The minimum Gasteiger partial charge on any atom is -0.496 e. The largest absolute Gasteiger partial charge is 0.496 e. The van der Waals surface area contributed by atoms with E-state index in [0.717, 1.165) is 11.1 Å². The summed E-state index contributed by atoms with van der Waals surface area (Å²) in [6, 6.07) is 12.7. The van der Waals surface area contributed by atoms with Gasteiger partial charge >= 0.3 is 0 Å². The summed E-state index contributed by atoms with van der Waals surface area (Å²) in [6.07, 6.45) is 4.90. The third kappa shape index (κ3) is 4.36. The van der Waals surface area contributed by atoms with Crippen molar-refractivity contribution >= 4 is 29.7 Å². The molecule has 4 rings (SSSR count). The van der Waals surface area contributed by atoms with Crippen LogP contribution in [0.3, 0.4) is 0 Å². The second-order valence-electron chi connectivity index (χ2n) is 6.83. The van der Waals surface area contributed by atoms with Crippen molar-refractivity contribution in [2.45, 2.75) is 0 Å². The topological polar surface area (TPSA) is 77.1 Å². The molecule has 0 aliphatic carbocycles. The summed E-state index contributed by atoms with van der Waals surface area (Å²) in [5, 5.41) is 2.81. The van der Waals surface area contributed by atoms with Crippen molar-refractivity contribution in [1.82, 2.24) is 4.90 Å². The number of hydrogen-bond donors (Lipinski definition) is 1. The lowest BCUT2D eigenvalue weighted by molar-refractivity contribution is -0.129. The van der Waals surface area contributed by atoms with E-state index in [1.807, 2.05) is 24.3 Å². The van der Waals surface area contributed by atoms with Gasteiger partial charge in [0.25, 0.3) is 5.91 Å². The van der Waals surface area contributed by atoms with Gasteiger partial charge in [0.15, 0.2) is 11.5 Å². The quantitative estimate of drug-likeness (QED) is 0.790. The second-order valence-corrected chi connectivity index (χ2v) is 6.83. The monoisotopic (exact) mass is 406 g/mol. The fourth-order valence-electron chi connectivity index (χ4n) is 3.28. The molecule has 1 N–H and O–H groups in total. The highest BCUT2D eigenvalue weighted by Crippen LogP contribution is 2.31. The number of hydrogen-bond acceptors (Lipinski definition) is 5. The Kier molecular flexibility index (Phi) is 5.81. The van der Waals surface area contributed by atoms with Gasteiger partial charge < -0.3 is 24.4 Å². The number of carbonyl (C=O) groups excluding carboxylic acids is 2. The van der Waals surface area contributed by atoms with Crippen LogP contribution in [0.15, 0.2) is 54.3 Å². The van der Waals surface area contributed by atoms with Crippen LogP contribution in [0, 0.1) is 0 Å². The number of rotatable bonds is 4. The number of methoxy groups -OCH3 is 1.